The smallest absolute Gasteiger partial charge is 0.276 e. The van der Waals surface area contributed by atoms with Crippen molar-refractivity contribution in [3.63, 3.8) is 0 Å². The second-order valence-electron chi connectivity index (χ2n) is 10.4. The summed E-state index contributed by atoms with van der Waals surface area (Å²) in [6, 6.07) is 18.5. The van der Waals surface area contributed by atoms with Crippen molar-refractivity contribution >= 4 is 52.2 Å². The van der Waals surface area contributed by atoms with Crippen molar-refractivity contribution in [1.29, 1.82) is 0 Å². The predicted octanol–water partition coefficient (Wildman–Crippen LogP) is 5.92. The number of allylic oxidation sites excluding steroid dienone is 1. The summed E-state index contributed by atoms with van der Waals surface area (Å²) in [5.41, 5.74) is 3.30. The van der Waals surface area contributed by atoms with Crippen molar-refractivity contribution in [2.45, 2.75) is 13.0 Å². The summed E-state index contributed by atoms with van der Waals surface area (Å²) in [4.78, 5) is 31.2. The molecule has 1 saturated heterocycles. The zero-order chi connectivity index (χ0) is 30.2. The van der Waals surface area contributed by atoms with Gasteiger partial charge in [-0.05, 0) is 73.2 Å². The van der Waals surface area contributed by atoms with Crippen molar-refractivity contribution < 1.29 is 19.1 Å². The van der Waals surface area contributed by atoms with Gasteiger partial charge in [0.2, 0.25) is 0 Å². The SMILES string of the molecule is CC1=C(C(=O)N2CCN(c3ccc(F)cc3)CC2)C(c2ccc(Cl)c(Cl)c2)n2nc(C(=O)Nc3ccc(O)cc3)cc2N1. The van der Waals surface area contributed by atoms with E-state index in [0.717, 1.165) is 5.69 Å². The summed E-state index contributed by atoms with van der Waals surface area (Å²) in [7, 11) is 0. The number of fused-ring (bicyclic) bond motifs is 1. The van der Waals surface area contributed by atoms with E-state index in [9.17, 15) is 19.1 Å². The van der Waals surface area contributed by atoms with Crippen molar-refractivity contribution in [3.8, 4) is 5.75 Å². The molecule has 220 valence electrons. The van der Waals surface area contributed by atoms with E-state index in [-0.39, 0.29) is 23.2 Å². The summed E-state index contributed by atoms with van der Waals surface area (Å²) >= 11 is 12.6. The van der Waals surface area contributed by atoms with Crippen molar-refractivity contribution in [2.24, 2.45) is 0 Å². The summed E-state index contributed by atoms with van der Waals surface area (Å²) in [6.45, 7) is 3.92. The number of phenols is 1. The molecule has 43 heavy (non-hydrogen) atoms. The second kappa shape index (κ2) is 11.6. The lowest BCUT2D eigenvalue weighted by Gasteiger charge is -2.38. The first kappa shape index (κ1) is 28.6. The van der Waals surface area contributed by atoms with Gasteiger partial charge in [-0.1, -0.05) is 29.3 Å². The number of aromatic nitrogens is 2. The Balaban J connectivity index is 1.30. The number of carbonyl (C=O) groups is 2. The standard InChI is InChI=1S/C31H27Cl2FN6O3/c1-18-28(31(43)39-14-12-38(13-15-39)22-7-3-20(34)4-8-22)29(19-2-11-24(32)25(33)16-19)40-27(35-18)17-26(37-40)30(42)36-21-5-9-23(41)10-6-21/h2-11,16-17,29,35,41H,12-15H2,1H3,(H,36,42). The third-order valence-corrected chi connectivity index (χ3v) is 8.32. The lowest BCUT2D eigenvalue weighted by Crippen LogP contribution is -2.50. The van der Waals surface area contributed by atoms with Gasteiger partial charge in [-0.25, -0.2) is 9.07 Å². The molecule has 4 aromatic rings. The average Bonchev–Trinajstić information content (AvgIpc) is 3.43. The van der Waals surface area contributed by atoms with Crippen molar-refractivity contribution in [1.82, 2.24) is 14.7 Å². The maximum absolute atomic E-state index is 14.2. The third kappa shape index (κ3) is 5.76. The van der Waals surface area contributed by atoms with Crippen LogP contribution in [0, 0.1) is 5.82 Å². The maximum Gasteiger partial charge on any atom is 0.276 e. The lowest BCUT2D eigenvalue weighted by atomic mass is 9.94. The molecule has 6 rings (SSSR count). The Morgan fingerprint density at radius 3 is 2.33 bits per heavy atom. The van der Waals surface area contributed by atoms with Crippen LogP contribution in [0.4, 0.5) is 21.6 Å². The van der Waals surface area contributed by atoms with Crippen LogP contribution in [0.15, 0.2) is 84.1 Å². The summed E-state index contributed by atoms with van der Waals surface area (Å²) < 4.78 is 15.0. The van der Waals surface area contributed by atoms with Gasteiger partial charge in [-0.15, -0.1) is 0 Å². The number of phenolic OH excluding ortho intramolecular Hbond substituents is 1. The molecule has 2 aliphatic rings. The second-order valence-corrected chi connectivity index (χ2v) is 11.2. The fraction of sp³-hybridized carbons (Fsp3) is 0.194. The van der Waals surface area contributed by atoms with E-state index >= 15 is 0 Å². The number of rotatable bonds is 5. The van der Waals surface area contributed by atoms with Gasteiger partial charge < -0.3 is 25.5 Å². The number of amides is 2. The van der Waals surface area contributed by atoms with Crippen molar-refractivity contribution in [3.05, 3.63) is 111 Å². The maximum atomic E-state index is 14.2. The molecule has 0 aliphatic carbocycles. The number of nitrogens with zero attached hydrogens (tertiary/aromatic N) is 4. The molecule has 0 spiro atoms. The number of hydrogen-bond donors (Lipinski definition) is 3. The summed E-state index contributed by atoms with van der Waals surface area (Å²) in [6.07, 6.45) is 0. The van der Waals surface area contributed by atoms with Gasteiger partial charge in [0.15, 0.2) is 5.69 Å². The van der Waals surface area contributed by atoms with E-state index in [1.54, 1.807) is 58.1 Å². The van der Waals surface area contributed by atoms with E-state index in [2.05, 4.69) is 20.6 Å². The van der Waals surface area contributed by atoms with E-state index in [0.29, 0.717) is 64.6 Å². The van der Waals surface area contributed by atoms with Gasteiger partial charge in [0.25, 0.3) is 11.8 Å². The van der Waals surface area contributed by atoms with Gasteiger partial charge in [0.1, 0.15) is 23.4 Å². The zero-order valence-electron chi connectivity index (χ0n) is 23.0. The van der Waals surface area contributed by atoms with E-state index in [4.69, 9.17) is 23.2 Å². The minimum absolute atomic E-state index is 0.0831. The molecular formula is C31H27Cl2FN6O3. The highest BCUT2D eigenvalue weighted by atomic mass is 35.5. The normalized spacial score (nSPS) is 16.5. The molecule has 2 aliphatic heterocycles. The molecular weight excluding hydrogens is 594 g/mol. The van der Waals surface area contributed by atoms with Crippen LogP contribution in [0.5, 0.6) is 5.75 Å². The Bertz CT molecular complexity index is 1730. The molecule has 12 heteroatoms. The minimum atomic E-state index is -0.691. The number of benzene rings is 3. The topological polar surface area (TPSA) is 103 Å². The molecule has 0 radical (unpaired) electrons. The van der Waals surface area contributed by atoms with Crippen LogP contribution >= 0.6 is 23.2 Å². The highest BCUT2D eigenvalue weighted by molar-refractivity contribution is 6.42. The molecule has 2 amide bonds. The molecule has 0 saturated carbocycles. The molecule has 9 nitrogen and oxygen atoms in total. The van der Waals surface area contributed by atoms with Crippen LogP contribution in [0.2, 0.25) is 10.0 Å². The Labute approximate surface area is 257 Å². The number of piperazine rings is 1. The first-order valence-corrected chi connectivity index (χ1v) is 14.4. The van der Waals surface area contributed by atoms with Gasteiger partial charge in [0, 0.05) is 49.3 Å². The molecule has 1 fully saturated rings. The highest BCUT2D eigenvalue weighted by Gasteiger charge is 2.37. The fourth-order valence-electron chi connectivity index (χ4n) is 5.38. The number of anilines is 3. The number of halogens is 3. The largest absolute Gasteiger partial charge is 0.508 e. The Kier molecular flexibility index (Phi) is 7.72. The molecule has 3 N–H and O–H groups in total. The van der Waals surface area contributed by atoms with Gasteiger partial charge >= 0.3 is 0 Å². The number of carbonyl (C=O) groups excluding carboxylic acids is 2. The van der Waals surface area contributed by atoms with Crippen LogP contribution in [0.25, 0.3) is 0 Å². The number of hydrogen-bond acceptors (Lipinski definition) is 6. The third-order valence-electron chi connectivity index (χ3n) is 7.58. The monoisotopic (exact) mass is 620 g/mol. The average molecular weight is 622 g/mol. The zero-order valence-corrected chi connectivity index (χ0v) is 24.5. The van der Waals surface area contributed by atoms with Gasteiger partial charge in [-0.2, -0.15) is 5.10 Å². The van der Waals surface area contributed by atoms with Crippen LogP contribution in [0.3, 0.4) is 0 Å². The van der Waals surface area contributed by atoms with Crippen LogP contribution < -0.4 is 15.5 Å². The summed E-state index contributed by atoms with van der Waals surface area (Å²) in [5.74, 6) is -0.306. The predicted molar refractivity (Wildman–Crippen MR) is 164 cm³/mol. The van der Waals surface area contributed by atoms with Crippen LogP contribution in [-0.2, 0) is 4.79 Å². The number of nitrogens with one attached hydrogen (secondary N) is 2. The number of aromatic hydroxyl groups is 1. The first-order valence-electron chi connectivity index (χ1n) is 13.6. The lowest BCUT2D eigenvalue weighted by molar-refractivity contribution is -0.128. The Morgan fingerprint density at radius 1 is 0.953 bits per heavy atom. The van der Waals surface area contributed by atoms with E-state index < -0.39 is 11.9 Å². The molecule has 1 atom stereocenters. The van der Waals surface area contributed by atoms with Gasteiger partial charge in [-0.3, -0.25) is 9.59 Å². The highest BCUT2D eigenvalue weighted by Crippen LogP contribution is 2.39. The molecule has 3 heterocycles. The van der Waals surface area contributed by atoms with E-state index in [1.165, 1.54) is 24.3 Å². The minimum Gasteiger partial charge on any atom is -0.508 e. The molecule has 1 aromatic heterocycles. The van der Waals surface area contributed by atoms with E-state index in [1.807, 2.05) is 6.92 Å². The molecule has 0 bridgehead atoms. The fourth-order valence-corrected chi connectivity index (χ4v) is 5.69. The van der Waals surface area contributed by atoms with Crippen LogP contribution in [0.1, 0.15) is 29.0 Å². The molecule has 1 unspecified atom stereocenters. The summed E-state index contributed by atoms with van der Waals surface area (Å²) in [5, 5.41) is 20.9. The van der Waals surface area contributed by atoms with Crippen LogP contribution in [-0.4, -0.2) is 57.8 Å². The quantitative estimate of drug-likeness (QED) is 0.239. The molecule has 3 aromatic carbocycles. The Hall–Kier alpha value is -4.54. The Morgan fingerprint density at radius 2 is 1.65 bits per heavy atom. The van der Waals surface area contributed by atoms with Crippen molar-refractivity contribution in [2.75, 3.05) is 41.7 Å². The van der Waals surface area contributed by atoms with Gasteiger partial charge in [0.05, 0.1) is 15.6 Å². The first-order chi connectivity index (χ1) is 20.7.